The monoisotopic (exact) mass is 425 g/mol. The van der Waals surface area contributed by atoms with Crippen molar-refractivity contribution in [2.45, 2.75) is 44.8 Å². The summed E-state index contributed by atoms with van der Waals surface area (Å²) >= 11 is 0. The number of likely N-dealkylation sites (tertiary alicyclic amines) is 1. The Hall–Kier alpha value is -2.31. The van der Waals surface area contributed by atoms with Crippen LogP contribution >= 0.6 is 0 Å². The Morgan fingerprint density at radius 2 is 1.97 bits per heavy atom. The molecule has 1 aromatic heterocycles. The molecule has 2 saturated heterocycles. The lowest BCUT2D eigenvalue weighted by atomic mass is 9.95. The highest BCUT2D eigenvalue weighted by atomic mass is 19.1. The van der Waals surface area contributed by atoms with E-state index in [0.717, 1.165) is 63.1 Å². The third-order valence-corrected chi connectivity index (χ3v) is 6.42. The van der Waals surface area contributed by atoms with Crippen molar-refractivity contribution in [3.8, 4) is 0 Å². The number of hydrogen-bond acceptors (Lipinski definition) is 4. The second kappa shape index (κ2) is 10.8. The predicted molar refractivity (Wildman–Crippen MR) is 118 cm³/mol. The number of halogens is 1. The molecule has 3 heterocycles. The quantitative estimate of drug-likeness (QED) is 0.647. The van der Waals surface area contributed by atoms with Gasteiger partial charge in [0, 0.05) is 44.2 Å². The van der Waals surface area contributed by atoms with Crippen molar-refractivity contribution in [1.29, 1.82) is 0 Å². The smallest absolute Gasteiger partial charge is 0.227 e. The SMILES string of the molecule is O=C(Cc1cccnc1)N(CC1CCN(Cc2ccccc2F)CC1)C[C@H]1CCCO1. The van der Waals surface area contributed by atoms with E-state index >= 15 is 0 Å². The van der Waals surface area contributed by atoms with Gasteiger partial charge in [0.2, 0.25) is 5.91 Å². The van der Waals surface area contributed by atoms with Crippen LogP contribution in [0.3, 0.4) is 0 Å². The number of rotatable bonds is 8. The van der Waals surface area contributed by atoms with Crippen LogP contribution in [0.2, 0.25) is 0 Å². The predicted octanol–water partition coefficient (Wildman–Crippen LogP) is 3.68. The van der Waals surface area contributed by atoms with Crippen molar-refractivity contribution in [2.75, 3.05) is 32.8 Å². The number of nitrogens with zero attached hydrogens (tertiary/aromatic N) is 3. The highest BCUT2D eigenvalue weighted by Gasteiger charge is 2.27. The third kappa shape index (κ3) is 6.34. The third-order valence-electron chi connectivity index (χ3n) is 6.42. The van der Waals surface area contributed by atoms with Gasteiger partial charge in [-0.05, 0) is 62.4 Å². The van der Waals surface area contributed by atoms with Crippen LogP contribution in [-0.2, 0) is 22.5 Å². The van der Waals surface area contributed by atoms with Gasteiger partial charge >= 0.3 is 0 Å². The van der Waals surface area contributed by atoms with E-state index in [9.17, 15) is 9.18 Å². The lowest BCUT2D eigenvalue weighted by Crippen LogP contribution is -2.44. The minimum Gasteiger partial charge on any atom is -0.376 e. The summed E-state index contributed by atoms with van der Waals surface area (Å²) in [6.07, 6.45) is 8.18. The molecule has 1 aromatic carbocycles. The number of hydrogen-bond donors (Lipinski definition) is 0. The highest BCUT2D eigenvalue weighted by molar-refractivity contribution is 5.78. The summed E-state index contributed by atoms with van der Waals surface area (Å²) < 4.78 is 19.8. The Kier molecular flexibility index (Phi) is 7.65. The van der Waals surface area contributed by atoms with Crippen LogP contribution in [0.4, 0.5) is 4.39 Å². The van der Waals surface area contributed by atoms with Crippen molar-refractivity contribution in [1.82, 2.24) is 14.8 Å². The zero-order chi connectivity index (χ0) is 21.5. The molecular formula is C25H32FN3O2. The van der Waals surface area contributed by atoms with Gasteiger partial charge in [0.25, 0.3) is 0 Å². The minimum absolute atomic E-state index is 0.131. The number of carbonyl (C=O) groups excluding carboxylic acids is 1. The maximum absolute atomic E-state index is 14.0. The van der Waals surface area contributed by atoms with E-state index in [4.69, 9.17) is 4.74 Å². The molecule has 2 fully saturated rings. The molecule has 1 atom stereocenters. The molecule has 0 aliphatic carbocycles. The number of carbonyl (C=O) groups is 1. The lowest BCUT2D eigenvalue weighted by molar-refractivity contribution is -0.133. The maximum atomic E-state index is 14.0. The van der Waals surface area contributed by atoms with Crippen LogP contribution in [0.15, 0.2) is 48.8 Å². The van der Waals surface area contributed by atoms with E-state index in [2.05, 4.69) is 9.88 Å². The van der Waals surface area contributed by atoms with Gasteiger partial charge in [0.15, 0.2) is 0 Å². The molecule has 2 aliphatic heterocycles. The summed E-state index contributed by atoms with van der Waals surface area (Å²) in [4.78, 5) is 21.6. The van der Waals surface area contributed by atoms with Gasteiger partial charge in [-0.15, -0.1) is 0 Å². The Bertz CT molecular complexity index is 834. The summed E-state index contributed by atoms with van der Waals surface area (Å²) in [5, 5.41) is 0. The second-order valence-electron chi connectivity index (χ2n) is 8.78. The fraction of sp³-hybridized carbons (Fsp3) is 0.520. The first-order valence-electron chi connectivity index (χ1n) is 11.4. The molecule has 31 heavy (non-hydrogen) atoms. The normalized spacial score (nSPS) is 20.1. The van der Waals surface area contributed by atoms with Gasteiger partial charge < -0.3 is 9.64 Å². The fourth-order valence-electron chi connectivity index (χ4n) is 4.61. The second-order valence-corrected chi connectivity index (χ2v) is 8.78. The first kappa shape index (κ1) is 21.9. The molecule has 5 nitrogen and oxygen atoms in total. The van der Waals surface area contributed by atoms with Crippen molar-refractivity contribution >= 4 is 5.91 Å². The molecule has 0 unspecified atom stereocenters. The average molecular weight is 426 g/mol. The first-order chi connectivity index (χ1) is 15.2. The summed E-state index contributed by atoms with van der Waals surface area (Å²) in [6.45, 7) is 4.76. The van der Waals surface area contributed by atoms with Crippen molar-refractivity contribution < 1.29 is 13.9 Å². The average Bonchev–Trinajstić information content (AvgIpc) is 3.30. The van der Waals surface area contributed by atoms with Crippen LogP contribution in [0.5, 0.6) is 0 Å². The van der Waals surface area contributed by atoms with Gasteiger partial charge in [-0.25, -0.2) is 4.39 Å². The molecular weight excluding hydrogens is 393 g/mol. The van der Waals surface area contributed by atoms with E-state index in [0.29, 0.717) is 25.4 Å². The van der Waals surface area contributed by atoms with E-state index in [-0.39, 0.29) is 17.8 Å². The van der Waals surface area contributed by atoms with Crippen molar-refractivity contribution in [2.24, 2.45) is 5.92 Å². The molecule has 2 aromatic rings. The summed E-state index contributed by atoms with van der Waals surface area (Å²) in [5.74, 6) is 0.488. The number of ether oxygens (including phenoxy) is 1. The molecule has 1 amide bonds. The Labute approximate surface area is 184 Å². The van der Waals surface area contributed by atoms with Gasteiger partial charge in [0.05, 0.1) is 12.5 Å². The lowest BCUT2D eigenvalue weighted by Gasteiger charge is -2.35. The minimum atomic E-state index is -0.131. The highest BCUT2D eigenvalue weighted by Crippen LogP contribution is 2.23. The Morgan fingerprint density at radius 1 is 1.13 bits per heavy atom. The van der Waals surface area contributed by atoms with Crippen LogP contribution in [-0.4, -0.2) is 59.6 Å². The zero-order valence-corrected chi connectivity index (χ0v) is 18.1. The molecule has 166 valence electrons. The number of piperidine rings is 1. The molecule has 0 radical (unpaired) electrons. The molecule has 0 N–H and O–H groups in total. The summed E-state index contributed by atoms with van der Waals surface area (Å²) in [5.41, 5.74) is 1.71. The summed E-state index contributed by atoms with van der Waals surface area (Å²) in [7, 11) is 0. The van der Waals surface area contributed by atoms with E-state index in [1.807, 2.05) is 29.2 Å². The number of aromatic nitrogens is 1. The molecule has 0 spiro atoms. The fourth-order valence-corrected chi connectivity index (χ4v) is 4.61. The van der Waals surface area contributed by atoms with Crippen LogP contribution in [0.1, 0.15) is 36.8 Å². The maximum Gasteiger partial charge on any atom is 0.227 e. The van der Waals surface area contributed by atoms with Crippen molar-refractivity contribution in [3.05, 3.63) is 65.7 Å². The van der Waals surface area contributed by atoms with Gasteiger partial charge in [-0.2, -0.15) is 0 Å². The Balaban J connectivity index is 1.32. The largest absolute Gasteiger partial charge is 0.376 e. The van der Waals surface area contributed by atoms with Crippen LogP contribution in [0, 0.1) is 11.7 Å². The topological polar surface area (TPSA) is 45.7 Å². The number of amides is 1. The van der Waals surface area contributed by atoms with Crippen LogP contribution in [0.25, 0.3) is 0 Å². The van der Waals surface area contributed by atoms with E-state index in [1.165, 1.54) is 6.07 Å². The van der Waals surface area contributed by atoms with E-state index < -0.39 is 0 Å². The zero-order valence-electron chi connectivity index (χ0n) is 18.1. The number of benzene rings is 1. The van der Waals surface area contributed by atoms with Crippen LogP contribution < -0.4 is 0 Å². The van der Waals surface area contributed by atoms with Gasteiger partial charge in [-0.3, -0.25) is 14.7 Å². The molecule has 4 rings (SSSR count). The van der Waals surface area contributed by atoms with Gasteiger partial charge in [-0.1, -0.05) is 24.3 Å². The van der Waals surface area contributed by atoms with Crippen molar-refractivity contribution in [3.63, 3.8) is 0 Å². The van der Waals surface area contributed by atoms with Gasteiger partial charge in [0.1, 0.15) is 5.82 Å². The Morgan fingerprint density at radius 3 is 2.68 bits per heavy atom. The molecule has 0 bridgehead atoms. The number of pyridine rings is 1. The summed E-state index contributed by atoms with van der Waals surface area (Å²) in [6, 6.07) is 10.8. The standard InChI is InChI=1S/C25H32FN3O2/c26-24-8-2-1-6-22(24)18-28-12-9-20(10-13-28)17-29(19-23-7-4-14-31-23)25(30)15-21-5-3-11-27-16-21/h1-3,5-6,8,11,16,20,23H,4,7,9-10,12-15,17-19H2/t23-/m1/s1. The molecule has 6 heteroatoms. The first-order valence-corrected chi connectivity index (χ1v) is 11.4. The molecule has 0 saturated carbocycles. The molecule has 2 aliphatic rings. The van der Waals surface area contributed by atoms with E-state index in [1.54, 1.807) is 18.5 Å².